The van der Waals surface area contributed by atoms with Crippen LogP contribution in [-0.2, 0) is 14.3 Å². The Bertz CT molecular complexity index is 903. The Morgan fingerprint density at radius 3 is 1.93 bits per heavy atom. The third-order valence-electron chi connectivity index (χ3n) is 3.03. The quantitative estimate of drug-likeness (QED) is 0.159. The van der Waals surface area contributed by atoms with Crippen molar-refractivity contribution in [3.63, 3.8) is 0 Å². The highest BCUT2D eigenvalue weighted by atomic mass is 19.1. The Balaban J connectivity index is 1.89. The number of hydrogen-bond donors (Lipinski definition) is 1. The first-order valence-electron chi connectivity index (χ1n) is 7.31. The largest absolute Gasteiger partial charge is 0.408 e. The predicted octanol–water partition coefficient (Wildman–Crippen LogP) is 1.86. The molecule has 9 nitrogen and oxygen atoms in total. The van der Waals surface area contributed by atoms with Gasteiger partial charge in [-0.15, -0.1) is 0 Å². The number of carbonyl (C=O) groups is 3. The minimum absolute atomic E-state index is 0.453. The van der Waals surface area contributed by atoms with Gasteiger partial charge < -0.3 is 14.7 Å². The lowest BCUT2D eigenvalue weighted by atomic mass is 10.2. The van der Waals surface area contributed by atoms with Crippen LogP contribution in [0, 0.1) is 11.9 Å². The first-order chi connectivity index (χ1) is 12.9. The zero-order valence-electron chi connectivity index (χ0n) is 13.5. The predicted molar refractivity (Wildman–Crippen MR) is 82.7 cm³/mol. The van der Waals surface area contributed by atoms with Crippen molar-refractivity contribution in [1.82, 2.24) is 9.97 Å². The fourth-order valence-electron chi connectivity index (χ4n) is 1.78. The summed E-state index contributed by atoms with van der Waals surface area (Å²) in [5, 5.41) is 11.5. The van der Waals surface area contributed by atoms with Crippen molar-refractivity contribution >= 4 is 23.8 Å². The van der Waals surface area contributed by atoms with Crippen LogP contribution in [-0.4, -0.2) is 39.0 Å². The second-order valence-corrected chi connectivity index (χ2v) is 4.83. The molecule has 2 rings (SSSR count). The molecule has 1 N–H and O–H groups in total. The normalized spacial score (nSPS) is 11.0. The molecule has 140 valence electrons. The smallest absolute Gasteiger partial charge is 0.350 e. The van der Waals surface area contributed by atoms with Gasteiger partial charge in [-0.1, -0.05) is 5.16 Å². The lowest BCUT2D eigenvalue weighted by Gasteiger charge is -2.06. The van der Waals surface area contributed by atoms with Gasteiger partial charge in [0.1, 0.15) is 11.1 Å². The van der Waals surface area contributed by atoms with Crippen LogP contribution in [0.4, 0.5) is 8.78 Å². The molecule has 0 bridgehead atoms. The van der Waals surface area contributed by atoms with Crippen molar-refractivity contribution in [2.75, 3.05) is 0 Å². The van der Waals surface area contributed by atoms with Crippen molar-refractivity contribution in [1.29, 1.82) is 0 Å². The molecule has 11 heteroatoms. The number of rotatable bonds is 5. The van der Waals surface area contributed by atoms with E-state index in [1.165, 1.54) is 12.1 Å². The van der Waals surface area contributed by atoms with E-state index in [0.29, 0.717) is 0 Å². The number of ether oxygens (including phenoxy) is 2. The van der Waals surface area contributed by atoms with Gasteiger partial charge in [0.2, 0.25) is 17.8 Å². The highest BCUT2D eigenvalue weighted by Crippen LogP contribution is 2.09. The molecule has 0 amide bonds. The van der Waals surface area contributed by atoms with E-state index in [1.54, 1.807) is 0 Å². The molecule has 0 spiro atoms. The Labute approximate surface area is 150 Å². The van der Waals surface area contributed by atoms with Gasteiger partial charge in [0, 0.05) is 18.8 Å². The minimum Gasteiger partial charge on any atom is -0.408 e. The Morgan fingerprint density at radius 1 is 0.926 bits per heavy atom. The molecule has 0 saturated carbocycles. The number of esters is 3. The summed E-state index contributed by atoms with van der Waals surface area (Å²) in [6, 6.07) is 4.73. The summed E-state index contributed by atoms with van der Waals surface area (Å²) in [5.41, 5.74) is -1.05. The van der Waals surface area contributed by atoms with Crippen molar-refractivity contribution < 1.29 is 37.8 Å². The Kier molecular flexibility index (Phi) is 6.58. The first-order valence-corrected chi connectivity index (χ1v) is 7.31. The summed E-state index contributed by atoms with van der Waals surface area (Å²) in [4.78, 5) is 41.6. The third kappa shape index (κ3) is 5.36. The van der Waals surface area contributed by atoms with Crippen molar-refractivity contribution in [2.24, 2.45) is 5.16 Å². The summed E-state index contributed by atoms with van der Waals surface area (Å²) in [6.07, 6.45) is 1.23. The van der Waals surface area contributed by atoms with E-state index in [-0.39, 0.29) is 0 Å². The fraction of sp³-hybridized carbons (Fsp3) is 0.125. The summed E-state index contributed by atoms with van der Waals surface area (Å²) in [5.74, 6) is -6.39. The summed E-state index contributed by atoms with van der Waals surface area (Å²) in [6.45, 7) is 0. The van der Waals surface area contributed by atoms with Crippen LogP contribution in [0.5, 0.6) is 0 Å². The van der Waals surface area contributed by atoms with E-state index in [2.05, 4.69) is 24.6 Å². The molecule has 27 heavy (non-hydrogen) atoms. The van der Waals surface area contributed by atoms with Crippen LogP contribution in [0.2, 0.25) is 0 Å². The number of hydrogen-bond acceptors (Lipinski definition) is 9. The van der Waals surface area contributed by atoms with Gasteiger partial charge in [0.05, 0.1) is 6.42 Å². The molecule has 2 aromatic rings. The molecule has 2 heterocycles. The topological polar surface area (TPSA) is 128 Å². The number of aromatic nitrogens is 2. The Morgan fingerprint density at radius 2 is 1.44 bits per heavy atom. The van der Waals surface area contributed by atoms with Gasteiger partial charge in [0.25, 0.3) is 0 Å². The highest BCUT2D eigenvalue weighted by Gasteiger charge is 2.20. The number of carbonyl (C=O) groups excluding carboxylic acids is 3. The van der Waals surface area contributed by atoms with Crippen molar-refractivity contribution in [3.05, 3.63) is 59.7 Å². The van der Waals surface area contributed by atoms with Crippen molar-refractivity contribution in [2.45, 2.75) is 12.8 Å². The number of nitrogens with zero attached hydrogens (tertiary/aromatic N) is 3. The monoisotopic (exact) mass is 379 g/mol. The number of halogens is 2. The van der Waals surface area contributed by atoms with Gasteiger partial charge in [-0.05, 0) is 24.3 Å². The SMILES string of the molecule is O=C(CC/C(=N/O)OC(=O)c1cccnc1F)OC(=O)c1cccnc1F. The van der Waals surface area contributed by atoms with Crippen LogP contribution in [0.1, 0.15) is 33.6 Å². The second-order valence-electron chi connectivity index (χ2n) is 4.83. The van der Waals surface area contributed by atoms with E-state index < -0.39 is 59.7 Å². The van der Waals surface area contributed by atoms with Gasteiger partial charge in [-0.2, -0.15) is 8.78 Å². The molecule has 0 aliphatic rings. The molecule has 0 fully saturated rings. The Hall–Kier alpha value is -3.76. The van der Waals surface area contributed by atoms with Gasteiger partial charge in [-0.3, -0.25) is 4.79 Å². The average molecular weight is 379 g/mol. The molecule has 0 aromatic carbocycles. The second kappa shape index (κ2) is 9.08. The molecule has 0 atom stereocenters. The van der Waals surface area contributed by atoms with E-state index in [4.69, 9.17) is 5.21 Å². The van der Waals surface area contributed by atoms with Crippen molar-refractivity contribution in [3.8, 4) is 0 Å². The highest BCUT2D eigenvalue weighted by molar-refractivity contribution is 6.00. The molecule has 0 saturated heterocycles. The van der Waals surface area contributed by atoms with Gasteiger partial charge >= 0.3 is 17.9 Å². The first kappa shape index (κ1) is 19.6. The maximum atomic E-state index is 13.4. The average Bonchev–Trinajstić information content (AvgIpc) is 2.65. The molecule has 0 aliphatic carbocycles. The lowest BCUT2D eigenvalue weighted by Crippen LogP contribution is -2.18. The lowest BCUT2D eigenvalue weighted by molar-refractivity contribution is -0.137. The maximum Gasteiger partial charge on any atom is 0.350 e. The summed E-state index contributed by atoms with van der Waals surface area (Å²) in [7, 11) is 0. The van der Waals surface area contributed by atoms with E-state index in [1.807, 2.05) is 0 Å². The van der Waals surface area contributed by atoms with E-state index in [0.717, 1.165) is 24.5 Å². The number of pyridine rings is 2. The van der Waals surface area contributed by atoms with Crippen LogP contribution in [0.25, 0.3) is 0 Å². The van der Waals surface area contributed by atoms with E-state index in [9.17, 15) is 23.2 Å². The third-order valence-corrected chi connectivity index (χ3v) is 3.03. The molecule has 0 unspecified atom stereocenters. The molecular weight excluding hydrogens is 368 g/mol. The van der Waals surface area contributed by atoms with Crippen LogP contribution in [0.3, 0.4) is 0 Å². The summed E-state index contributed by atoms with van der Waals surface area (Å²) < 4.78 is 35.8. The molecule has 0 aliphatic heterocycles. The maximum absolute atomic E-state index is 13.4. The van der Waals surface area contributed by atoms with Crippen LogP contribution in [0.15, 0.2) is 41.8 Å². The summed E-state index contributed by atoms with van der Waals surface area (Å²) >= 11 is 0. The zero-order valence-corrected chi connectivity index (χ0v) is 13.5. The van der Waals surface area contributed by atoms with E-state index >= 15 is 0 Å². The number of oxime groups is 1. The fourth-order valence-corrected chi connectivity index (χ4v) is 1.78. The standard InChI is InChI=1S/C16H11F2N3O6/c17-13-9(3-1-7-19-13)15(23)26-11(21-25)5-6-12(22)27-16(24)10-4-2-8-20-14(10)18/h1-4,7-8,25H,5-6H2/b21-11-. The van der Waals surface area contributed by atoms with Crippen LogP contribution < -0.4 is 0 Å². The molecule has 2 aromatic heterocycles. The van der Waals surface area contributed by atoms with Gasteiger partial charge in [-0.25, -0.2) is 19.6 Å². The molecule has 0 radical (unpaired) electrons. The molecular formula is C16H11F2N3O6. The minimum atomic E-state index is -1.26. The van der Waals surface area contributed by atoms with Gasteiger partial charge in [0.15, 0.2) is 0 Å². The zero-order chi connectivity index (χ0) is 19.8. The van der Waals surface area contributed by atoms with Crippen LogP contribution >= 0.6 is 0 Å².